The smallest absolute Gasteiger partial charge is 0.324 e. The summed E-state index contributed by atoms with van der Waals surface area (Å²) in [6.07, 6.45) is 8.08. The molecule has 3 rings (SSSR count). The molecule has 0 aromatic heterocycles. The maximum absolute atomic E-state index is 12.4. The van der Waals surface area contributed by atoms with Gasteiger partial charge >= 0.3 is 7.60 Å². The van der Waals surface area contributed by atoms with Crippen LogP contribution >= 0.6 is 7.60 Å². The molecule has 7 unspecified atom stereocenters. The van der Waals surface area contributed by atoms with Crippen LogP contribution in [0.2, 0.25) is 0 Å². The number of hydrogen-bond acceptors (Lipinski definition) is 1. The highest BCUT2D eigenvalue weighted by Gasteiger charge is 2.52. The van der Waals surface area contributed by atoms with Gasteiger partial charge in [0, 0.05) is 0 Å². The zero-order valence-electron chi connectivity index (χ0n) is 17.7. The van der Waals surface area contributed by atoms with E-state index in [-0.39, 0.29) is 11.3 Å². The van der Waals surface area contributed by atoms with Gasteiger partial charge in [-0.1, -0.05) is 41.5 Å². The van der Waals surface area contributed by atoms with Crippen LogP contribution in [-0.2, 0) is 4.57 Å². The summed E-state index contributed by atoms with van der Waals surface area (Å²) in [7, 11) is -4.02. The van der Waals surface area contributed by atoms with Gasteiger partial charge in [-0.25, -0.2) is 0 Å². The number of fused-ring (bicyclic) bond motifs is 2. The molecule has 3 nitrogen and oxygen atoms in total. The van der Waals surface area contributed by atoms with Gasteiger partial charge in [-0.2, -0.15) is 0 Å². The summed E-state index contributed by atoms with van der Waals surface area (Å²) in [5, 5.41) is 0. The summed E-state index contributed by atoms with van der Waals surface area (Å²) >= 11 is 0. The lowest BCUT2D eigenvalue weighted by atomic mass is 9.53. The van der Waals surface area contributed by atoms with Gasteiger partial charge in [-0.3, -0.25) is 4.57 Å². The lowest BCUT2D eigenvalue weighted by molar-refractivity contribution is -0.0144. The van der Waals surface area contributed by atoms with Crippen LogP contribution in [0.25, 0.3) is 0 Å². The Bertz CT molecular complexity index is 553. The van der Waals surface area contributed by atoms with Crippen molar-refractivity contribution in [3.63, 3.8) is 0 Å². The Morgan fingerprint density at radius 2 is 1.27 bits per heavy atom. The normalized spacial score (nSPS) is 42.1. The van der Waals surface area contributed by atoms with Gasteiger partial charge in [0.1, 0.15) is 0 Å². The fraction of sp³-hybridized carbons (Fsp3) is 1.00. The summed E-state index contributed by atoms with van der Waals surface area (Å²) < 4.78 is 12.4. The lowest BCUT2D eigenvalue weighted by Gasteiger charge is -2.54. The molecule has 3 fully saturated rings. The Morgan fingerprint density at radius 3 is 1.81 bits per heavy atom. The molecule has 3 saturated carbocycles. The molecule has 0 aliphatic heterocycles. The number of hydrogen-bond donors (Lipinski definition) is 2. The summed E-state index contributed by atoms with van der Waals surface area (Å²) in [5.41, 5.74) is 0.124. The Kier molecular flexibility index (Phi) is 5.53. The average molecular weight is 385 g/mol. The van der Waals surface area contributed by atoms with Crippen LogP contribution in [-0.4, -0.2) is 15.4 Å². The topological polar surface area (TPSA) is 57.5 Å². The first-order chi connectivity index (χ1) is 11.8. The minimum Gasteiger partial charge on any atom is -0.324 e. The van der Waals surface area contributed by atoms with Crippen molar-refractivity contribution in [2.75, 3.05) is 0 Å². The molecule has 0 aromatic rings. The van der Waals surface area contributed by atoms with Crippen molar-refractivity contribution >= 4 is 7.60 Å². The Morgan fingerprint density at radius 1 is 0.692 bits per heavy atom. The van der Waals surface area contributed by atoms with Crippen molar-refractivity contribution in [3.05, 3.63) is 0 Å². The molecule has 0 bridgehead atoms. The third-order valence-corrected chi connectivity index (χ3v) is 9.87. The van der Waals surface area contributed by atoms with Crippen molar-refractivity contribution in [3.8, 4) is 0 Å². The van der Waals surface area contributed by atoms with Crippen molar-refractivity contribution in [1.82, 2.24) is 0 Å². The SMILES string of the molecule is CC(C)(C)C1CCC2CC3C(CC2C1)CC(C(C)(C)C)CC3P(=O)(O)O. The molecule has 0 spiro atoms. The van der Waals surface area contributed by atoms with Gasteiger partial charge in [-0.05, 0) is 91.3 Å². The standard InChI is InChI=1S/C22H41O3P/c1-21(2,3)17-8-7-14-12-19-16(9-15(14)10-17)11-18(22(4,5)6)13-20(19)26(23,24)25/h14-20H,7-13H2,1-6H3,(H2,23,24,25). The molecule has 26 heavy (non-hydrogen) atoms. The summed E-state index contributed by atoms with van der Waals surface area (Å²) in [6.45, 7) is 13.9. The Labute approximate surface area is 160 Å². The molecular formula is C22H41O3P. The van der Waals surface area contributed by atoms with E-state index >= 15 is 0 Å². The van der Waals surface area contributed by atoms with E-state index in [4.69, 9.17) is 0 Å². The molecule has 0 saturated heterocycles. The molecule has 0 radical (unpaired) electrons. The van der Waals surface area contributed by atoms with Crippen LogP contribution in [0.5, 0.6) is 0 Å². The summed E-state index contributed by atoms with van der Waals surface area (Å²) in [4.78, 5) is 20.2. The predicted molar refractivity (Wildman–Crippen MR) is 108 cm³/mol. The molecule has 4 heteroatoms. The van der Waals surface area contributed by atoms with Gasteiger partial charge in [0.25, 0.3) is 0 Å². The maximum Gasteiger partial charge on any atom is 0.328 e. The Balaban J connectivity index is 1.81. The zero-order chi connectivity index (χ0) is 19.5. The van der Waals surface area contributed by atoms with E-state index in [9.17, 15) is 14.4 Å². The van der Waals surface area contributed by atoms with Crippen LogP contribution in [0.15, 0.2) is 0 Å². The summed E-state index contributed by atoms with van der Waals surface area (Å²) in [6, 6.07) is 0. The second-order valence-corrected chi connectivity index (χ2v) is 13.8. The highest BCUT2D eigenvalue weighted by atomic mass is 31.2. The van der Waals surface area contributed by atoms with E-state index in [1.807, 2.05) is 0 Å². The Hall–Kier alpha value is 0.150. The average Bonchev–Trinajstić information content (AvgIpc) is 2.48. The molecule has 7 atom stereocenters. The van der Waals surface area contributed by atoms with Crippen molar-refractivity contribution in [1.29, 1.82) is 0 Å². The monoisotopic (exact) mass is 384 g/mol. The van der Waals surface area contributed by atoms with Crippen molar-refractivity contribution in [2.45, 2.75) is 92.1 Å². The highest BCUT2D eigenvalue weighted by Crippen LogP contribution is 2.62. The fourth-order valence-electron chi connectivity index (χ4n) is 6.58. The van der Waals surface area contributed by atoms with E-state index in [1.54, 1.807) is 0 Å². The lowest BCUT2D eigenvalue weighted by Crippen LogP contribution is -2.47. The molecule has 3 aliphatic rings. The minimum atomic E-state index is -4.02. The first kappa shape index (κ1) is 20.9. The minimum absolute atomic E-state index is 0.135. The predicted octanol–water partition coefficient (Wildman–Crippen LogP) is 6.09. The molecule has 2 N–H and O–H groups in total. The first-order valence-electron chi connectivity index (χ1n) is 10.8. The van der Waals surface area contributed by atoms with Crippen molar-refractivity contribution < 1.29 is 14.4 Å². The second kappa shape index (κ2) is 6.89. The molecule has 0 aromatic carbocycles. The molecule has 152 valence electrons. The third kappa shape index (κ3) is 4.26. The van der Waals surface area contributed by atoms with Crippen molar-refractivity contribution in [2.24, 2.45) is 46.3 Å². The number of rotatable bonds is 1. The third-order valence-electron chi connectivity index (χ3n) is 8.41. The van der Waals surface area contributed by atoms with Gasteiger partial charge < -0.3 is 9.79 Å². The van der Waals surface area contributed by atoms with Gasteiger partial charge in [-0.15, -0.1) is 0 Å². The van der Waals surface area contributed by atoms with E-state index in [2.05, 4.69) is 41.5 Å². The van der Waals surface area contributed by atoms with Gasteiger partial charge in [0.2, 0.25) is 0 Å². The van der Waals surface area contributed by atoms with E-state index in [1.165, 1.54) is 32.1 Å². The van der Waals surface area contributed by atoms with Crippen LogP contribution in [0, 0.1) is 46.3 Å². The molecule has 0 amide bonds. The van der Waals surface area contributed by atoms with Crippen LogP contribution in [0.3, 0.4) is 0 Å². The first-order valence-corrected chi connectivity index (χ1v) is 12.5. The molecule has 0 heterocycles. The van der Waals surface area contributed by atoms with E-state index in [0.29, 0.717) is 23.2 Å². The maximum atomic E-state index is 12.4. The van der Waals surface area contributed by atoms with Crippen LogP contribution in [0.4, 0.5) is 0 Å². The van der Waals surface area contributed by atoms with Gasteiger partial charge in [0.15, 0.2) is 0 Å². The van der Waals surface area contributed by atoms with E-state index < -0.39 is 13.3 Å². The second-order valence-electron chi connectivity index (χ2n) is 12.0. The quantitative estimate of drug-likeness (QED) is 0.538. The largest absolute Gasteiger partial charge is 0.328 e. The van der Waals surface area contributed by atoms with E-state index in [0.717, 1.165) is 24.7 Å². The summed E-state index contributed by atoms with van der Waals surface area (Å²) in [5.74, 6) is 3.49. The highest BCUT2D eigenvalue weighted by molar-refractivity contribution is 7.52. The molecular weight excluding hydrogens is 343 g/mol. The fourth-order valence-corrected chi connectivity index (χ4v) is 7.98. The van der Waals surface area contributed by atoms with Crippen LogP contribution in [0.1, 0.15) is 86.5 Å². The van der Waals surface area contributed by atoms with Gasteiger partial charge in [0.05, 0.1) is 5.66 Å². The molecule has 3 aliphatic carbocycles. The zero-order valence-corrected chi connectivity index (χ0v) is 18.6. The van der Waals surface area contributed by atoms with Crippen LogP contribution < -0.4 is 0 Å².